The smallest absolute Gasteiger partial charge is 0.333 e. The number of hydrogen-bond donors (Lipinski definition) is 1. The summed E-state index contributed by atoms with van der Waals surface area (Å²) in [5.41, 5.74) is 0.279. The van der Waals surface area contributed by atoms with Crippen LogP contribution in [0.4, 0.5) is 0 Å². The van der Waals surface area contributed by atoms with E-state index in [9.17, 15) is 19.5 Å². The molecule has 5 aliphatic rings. The molecule has 5 nitrogen and oxygen atoms in total. The number of allylic oxidation sites excluding steroid dienone is 3. The second kappa shape index (κ2) is 9.04. The predicted molar refractivity (Wildman–Crippen MR) is 156 cm³/mol. The van der Waals surface area contributed by atoms with Crippen LogP contribution in [0.1, 0.15) is 120 Å². The SMILES string of the molecule is C/C=C(/C)C(=O)O[C@@H]1CC(C)(C)C[C@H]2C3=CCC4[C@@]5(C)CCC(=O)C(C)(C)C5CC[C@@]4(C)[C@]3(C)CC[C@@]12C(=O)O. The predicted octanol–water partition coefficient (Wildman–Crippen LogP) is 7.93. The van der Waals surface area contributed by atoms with Crippen LogP contribution in [0.25, 0.3) is 0 Å². The Morgan fingerprint density at radius 2 is 1.65 bits per heavy atom. The topological polar surface area (TPSA) is 80.7 Å². The maximum Gasteiger partial charge on any atom is 0.333 e. The third-order valence-corrected chi connectivity index (χ3v) is 13.8. The third-order valence-electron chi connectivity index (χ3n) is 13.8. The number of carbonyl (C=O) groups is 3. The van der Waals surface area contributed by atoms with Crippen molar-refractivity contribution in [1.29, 1.82) is 0 Å². The number of ketones is 1. The van der Waals surface area contributed by atoms with E-state index in [0.717, 1.165) is 38.5 Å². The maximum atomic E-state index is 13.4. The second-order valence-corrected chi connectivity index (χ2v) is 16.3. The monoisotopic (exact) mass is 552 g/mol. The highest BCUT2D eigenvalue weighted by atomic mass is 16.5. The summed E-state index contributed by atoms with van der Waals surface area (Å²) in [5.74, 6) is -0.125. The largest absolute Gasteiger partial charge is 0.481 e. The Morgan fingerprint density at radius 1 is 0.975 bits per heavy atom. The van der Waals surface area contributed by atoms with Gasteiger partial charge in [0.2, 0.25) is 0 Å². The molecule has 0 amide bonds. The van der Waals surface area contributed by atoms with Crippen LogP contribution < -0.4 is 0 Å². The Bertz CT molecular complexity index is 1190. The van der Waals surface area contributed by atoms with Gasteiger partial charge in [0.15, 0.2) is 0 Å². The standard InChI is InChI=1S/C35H52O5/c1-10-21(2)28(37)40-27-20-30(3,4)19-23-22-11-12-25-32(7)15-14-26(36)31(5,6)24(32)13-16-34(25,9)33(22,8)17-18-35(23,27)29(38)39/h10-11,23-25,27H,12-20H2,1-9H3,(H,38,39)/b21-10-/t23-,24?,25?,27+,32-,33+,34+,35-/m0/s1. The molecule has 1 N–H and O–H groups in total. The molecule has 0 aliphatic heterocycles. The molecule has 0 radical (unpaired) electrons. The van der Waals surface area contributed by atoms with E-state index >= 15 is 0 Å². The summed E-state index contributed by atoms with van der Waals surface area (Å²) in [6.07, 6.45) is 10.9. The first kappa shape index (κ1) is 29.6. The highest BCUT2D eigenvalue weighted by molar-refractivity contribution is 5.88. The van der Waals surface area contributed by atoms with Gasteiger partial charge in [0.25, 0.3) is 0 Å². The van der Waals surface area contributed by atoms with Crippen LogP contribution in [-0.4, -0.2) is 28.9 Å². The van der Waals surface area contributed by atoms with Crippen LogP contribution in [0.15, 0.2) is 23.3 Å². The Labute approximate surface area is 241 Å². The average Bonchev–Trinajstić information content (AvgIpc) is 2.85. The molecule has 0 aromatic rings. The van der Waals surface area contributed by atoms with E-state index in [1.165, 1.54) is 5.57 Å². The van der Waals surface area contributed by atoms with Crippen molar-refractivity contribution in [3.05, 3.63) is 23.3 Å². The van der Waals surface area contributed by atoms with E-state index < -0.39 is 23.5 Å². The van der Waals surface area contributed by atoms with E-state index in [-0.39, 0.29) is 33.0 Å². The van der Waals surface area contributed by atoms with Gasteiger partial charge in [0, 0.05) is 23.3 Å². The van der Waals surface area contributed by atoms with E-state index in [0.29, 0.717) is 42.5 Å². The van der Waals surface area contributed by atoms with Crippen molar-refractivity contribution in [2.75, 3.05) is 0 Å². The minimum atomic E-state index is -1.10. The van der Waals surface area contributed by atoms with Crippen LogP contribution in [0.5, 0.6) is 0 Å². The molecule has 4 fully saturated rings. The van der Waals surface area contributed by atoms with E-state index in [1.54, 1.807) is 13.0 Å². The van der Waals surface area contributed by atoms with Crippen molar-refractivity contribution in [3.63, 3.8) is 0 Å². The van der Waals surface area contributed by atoms with Gasteiger partial charge in [-0.1, -0.05) is 66.2 Å². The van der Waals surface area contributed by atoms with Gasteiger partial charge < -0.3 is 9.84 Å². The molecule has 222 valence electrons. The molecule has 0 saturated heterocycles. The van der Waals surface area contributed by atoms with Gasteiger partial charge in [0.1, 0.15) is 17.3 Å². The fraction of sp³-hybridized carbons (Fsp3) is 0.800. The number of aliphatic carboxylic acids is 1. The van der Waals surface area contributed by atoms with Gasteiger partial charge in [-0.15, -0.1) is 0 Å². The summed E-state index contributed by atoms with van der Waals surface area (Å²) in [6, 6.07) is 0. The lowest BCUT2D eigenvalue weighted by Gasteiger charge is -2.70. The summed E-state index contributed by atoms with van der Waals surface area (Å²) in [6.45, 7) is 19.7. The van der Waals surface area contributed by atoms with Gasteiger partial charge >= 0.3 is 11.9 Å². The summed E-state index contributed by atoms with van der Waals surface area (Å²) < 4.78 is 6.13. The zero-order chi connectivity index (χ0) is 29.7. The van der Waals surface area contributed by atoms with Crippen molar-refractivity contribution >= 4 is 17.7 Å². The molecule has 0 aromatic heterocycles. The Balaban J connectivity index is 1.60. The highest BCUT2D eigenvalue weighted by Crippen LogP contribution is 2.75. The zero-order valence-corrected chi connectivity index (χ0v) is 26.4. The molecule has 8 atom stereocenters. The van der Waals surface area contributed by atoms with Crippen LogP contribution in [-0.2, 0) is 19.1 Å². The first-order valence-corrected chi connectivity index (χ1v) is 15.7. The quantitative estimate of drug-likeness (QED) is 0.218. The fourth-order valence-electron chi connectivity index (χ4n) is 11.1. The molecular weight excluding hydrogens is 500 g/mol. The van der Waals surface area contributed by atoms with Gasteiger partial charge in [-0.05, 0) is 98.7 Å². The van der Waals surface area contributed by atoms with E-state index in [1.807, 2.05) is 6.92 Å². The Kier molecular flexibility index (Phi) is 6.69. The lowest BCUT2D eigenvalue weighted by Crippen LogP contribution is -2.66. The van der Waals surface area contributed by atoms with Gasteiger partial charge in [-0.3, -0.25) is 9.59 Å². The number of carbonyl (C=O) groups excluding carboxylic acids is 2. The van der Waals surface area contributed by atoms with E-state index in [2.05, 4.69) is 54.5 Å². The van der Waals surface area contributed by atoms with Crippen molar-refractivity contribution in [2.24, 2.45) is 50.2 Å². The van der Waals surface area contributed by atoms with Crippen LogP contribution >= 0.6 is 0 Å². The molecule has 0 aromatic carbocycles. The third kappa shape index (κ3) is 3.73. The van der Waals surface area contributed by atoms with E-state index in [4.69, 9.17) is 4.74 Å². The normalized spacial score (nSPS) is 45.7. The lowest BCUT2D eigenvalue weighted by molar-refractivity contribution is -0.206. The molecular formula is C35H52O5. The molecule has 5 aliphatic carbocycles. The fourth-order valence-corrected chi connectivity index (χ4v) is 11.1. The number of hydrogen-bond acceptors (Lipinski definition) is 4. The number of fused-ring (bicyclic) bond motifs is 7. The number of ether oxygens (including phenoxy) is 1. The van der Waals surface area contributed by atoms with Crippen LogP contribution in [0.3, 0.4) is 0 Å². The minimum absolute atomic E-state index is 0.0266. The summed E-state index contributed by atoms with van der Waals surface area (Å²) in [7, 11) is 0. The first-order chi connectivity index (χ1) is 18.4. The van der Waals surface area contributed by atoms with Crippen LogP contribution in [0, 0.1) is 50.2 Å². The number of carboxylic acid groups (broad SMARTS) is 1. The summed E-state index contributed by atoms with van der Waals surface area (Å²) in [4.78, 5) is 39.4. The lowest BCUT2D eigenvalue weighted by atomic mass is 9.33. The molecule has 0 spiro atoms. The van der Waals surface area contributed by atoms with Gasteiger partial charge in [0.05, 0.1) is 0 Å². The number of esters is 1. The number of rotatable bonds is 3. The van der Waals surface area contributed by atoms with Gasteiger partial charge in [-0.25, -0.2) is 4.79 Å². The van der Waals surface area contributed by atoms with Crippen molar-refractivity contribution in [2.45, 2.75) is 126 Å². The second-order valence-electron chi connectivity index (χ2n) is 16.3. The molecule has 0 bridgehead atoms. The number of Topliss-reactive ketones (excluding diaryl/α,β-unsaturated/α-hetero) is 1. The molecule has 5 heteroatoms. The van der Waals surface area contributed by atoms with Crippen molar-refractivity contribution < 1.29 is 24.2 Å². The zero-order valence-electron chi connectivity index (χ0n) is 26.4. The molecule has 0 heterocycles. The van der Waals surface area contributed by atoms with Crippen molar-refractivity contribution in [3.8, 4) is 0 Å². The highest BCUT2D eigenvalue weighted by Gasteiger charge is 2.71. The van der Waals surface area contributed by atoms with Crippen molar-refractivity contribution in [1.82, 2.24) is 0 Å². The maximum absolute atomic E-state index is 13.4. The molecule has 40 heavy (non-hydrogen) atoms. The Morgan fingerprint density at radius 3 is 2.27 bits per heavy atom. The summed E-state index contributed by atoms with van der Waals surface area (Å²) in [5, 5.41) is 11.0. The first-order valence-electron chi connectivity index (χ1n) is 15.7. The van der Waals surface area contributed by atoms with Crippen LogP contribution in [0.2, 0.25) is 0 Å². The van der Waals surface area contributed by atoms with Gasteiger partial charge in [-0.2, -0.15) is 0 Å². The minimum Gasteiger partial charge on any atom is -0.481 e. The molecule has 2 unspecified atom stereocenters. The number of carboxylic acids is 1. The average molecular weight is 553 g/mol. The molecule has 5 rings (SSSR count). The Hall–Kier alpha value is -1.91. The molecule has 4 saturated carbocycles. The summed E-state index contributed by atoms with van der Waals surface area (Å²) >= 11 is 0.